The van der Waals surface area contributed by atoms with Crippen molar-refractivity contribution in [1.29, 1.82) is 0 Å². The van der Waals surface area contributed by atoms with E-state index in [0.717, 1.165) is 0 Å². The molecule has 0 aliphatic rings. The fourth-order valence-corrected chi connectivity index (χ4v) is 3.53. The van der Waals surface area contributed by atoms with E-state index in [1.165, 1.54) is 45.6 Å². The first-order valence-corrected chi connectivity index (χ1v) is 9.47. The van der Waals surface area contributed by atoms with Crippen molar-refractivity contribution in [1.82, 2.24) is 10.3 Å². The lowest BCUT2D eigenvalue weighted by Gasteiger charge is -2.14. The average molecular weight is 445 g/mol. The number of carbonyl (C=O) groups is 1. The van der Waals surface area contributed by atoms with Crippen LogP contribution in [0.15, 0.2) is 45.8 Å². The number of amides is 1. The van der Waals surface area contributed by atoms with Gasteiger partial charge in [0.15, 0.2) is 11.5 Å². The third-order valence-corrected chi connectivity index (χ3v) is 5.07. The SMILES string of the molecule is COc1cc(C(=O)NNS(=O)(=O)c2cccc(Br)c2)cc(OC)c1OC. The number of hydrogen-bond donors (Lipinski definition) is 2. The van der Waals surface area contributed by atoms with E-state index < -0.39 is 15.9 Å². The first kappa shape index (κ1) is 20.0. The van der Waals surface area contributed by atoms with Crippen LogP contribution < -0.4 is 24.5 Å². The smallest absolute Gasteiger partial charge is 0.266 e. The van der Waals surface area contributed by atoms with Crippen LogP contribution in [0.4, 0.5) is 0 Å². The van der Waals surface area contributed by atoms with Crippen LogP contribution in [0.2, 0.25) is 0 Å². The number of sulfonamides is 1. The summed E-state index contributed by atoms with van der Waals surface area (Å²) in [5.74, 6) is 0.169. The summed E-state index contributed by atoms with van der Waals surface area (Å²) < 4.78 is 40.6. The van der Waals surface area contributed by atoms with E-state index in [2.05, 4.69) is 21.4 Å². The number of hydrazine groups is 1. The number of benzene rings is 2. The molecule has 0 aliphatic heterocycles. The average Bonchev–Trinajstić information content (AvgIpc) is 2.64. The number of carbonyl (C=O) groups excluding carboxylic acids is 1. The molecule has 0 bridgehead atoms. The molecule has 8 nitrogen and oxygen atoms in total. The van der Waals surface area contributed by atoms with Crippen LogP contribution in [0, 0.1) is 0 Å². The van der Waals surface area contributed by atoms with Gasteiger partial charge in [0.1, 0.15) is 0 Å². The van der Waals surface area contributed by atoms with Gasteiger partial charge in [0, 0.05) is 10.0 Å². The fraction of sp³-hybridized carbons (Fsp3) is 0.188. The van der Waals surface area contributed by atoms with Crippen molar-refractivity contribution in [3.63, 3.8) is 0 Å². The van der Waals surface area contributed by atoms with E-state index in [4.69, 9.17) is 14.2 Å². The third kappa shape index (κ3) is 4.45. The lowest BCUT2D eigenvalue weighted by Crippen LogP contribution is -2.41. The van der Waals surface area contributed by atoms with Crippen molar-refractivity contribution in [2.45, 2.75) is 4.90 Å². The maximum absolute atomic E-state index is 12.3. The van der Waals surface area contributed by atoms with Crippen LogP contribution in [0.5, 0.6) is 17.2 Å². The van der Waals surface area contributed by atoms with Gasteiger partial charge in [-0.3, -0.25) is 10.2 Å². The predicted molar refractivity (Wildman–Crippen MR) is 98.0 cm³/mol. The summed E-state index contributed by atoms with van der Waals surface area (Å²) in [7, 11) is 0.331. The number of methoxy groups -OCH3 is 3. The summed E-state index contributed by atoms with van der Waals surface area (Å²) >= 11 is 3.20. The van der Waals surface area contributed by atoms with Gasteiger partial charge in [-0.15, -0.1) is 4.83 Å². The van der Waals surface area contributed by atoms with E-state index in [-0.39, 0.29) is 22.0 Å². The zero-order chi connectivity index (χ0) is 19.3. The Kier molecular flexibility index (Phi) is 6.46. The van der Waals surface area contributed by atoms with Gasteiger partial charge in [-0.2, -0.15) is 0 Å². The topological polar surface area (TPSA) is 103 Å². The number of hydrogen-bond acceptors (Lipinski definition) is 6. The first-order chi connectivity index (χ1) is 12.3. The van der Waals surface area contributed by atoms with Crippen molar-refractivity contribution in [2.75, 3.05) is 21.3 Å². The molecular formula is C16H17BrN2O6S. The molecule has 2 aromatic rings. The Balaban J connectivity index is 2.22. The zero-order valence-corrected chi connectivity index (χ0v) is 16.6. The number of halogens is 1. The van der Waals surface area contributed by atoms with E-state index in [0.29, 0.717) is 10.2 Å². The Labute approximate surface area is 159 Å². The molecule has 0 aliphatic carbocycles. The molecule has 0 aromatic heterocycles. The second kappa shape index (κ2) is 8.39. The van der Waals surface area contributed by atoms with Gasteiger partial charge in [-0.05, 0) is 30.3 Å². The van der Waals surface area contributed by atoms with Gasteiger partial charge in [-0.25, -0.2) is 8.42 Å². The highest BCUT2D eigenvalue weighted by atomic mass is 79.9. The normalized spacial score (nSPS) is 10.9. The molecular weight excluding hydrogens is 428 g/mol. The second-order valence-corrected chi connectivity index (χ2v) is 7.53. The molecule has 0 fully saturated rings. The number of nitrogens with one attached hydrogen (secondary N) is 2. The summed E-state index contributed by atoms with van der Waals surface area (Å²) in [5.41, 5.74) is 2.27. The van der Waals surface area contributed by atoms with Crippen LogP contribution in [0.3, 0.4) is 0 Å². The largest absolute Gasteiger partial charge is 0.493 e. The predicted octanol–water partition coefficient (Wildman–Crippen LogP) is 2.10. The van der Waals surface area contributed by atoms with Gasteiger partial charge >= 0.3 is 0 Å². The molecule has 2 rings (SSSR count). The lowest BCUT2D eigenvalue weighted by molar-refractivity contribution is 0.0944. The quantitative estimate of drug-likeness (QED) is 0.633. The van der Waals surface area contributed by atoms with Crippen LogP contribution in [-0.2, 0) is 10.0 Å². The van der Waals surface area contributed by atoms with E-state index >= 15 is 0 Å². The Morgan fingerprint density at radius 2 is 1.62 bits per heavy atom. The molecule has 140 valence electrons. The number of ether oxygens (including phenoxy) is 3. The highest BCUT2D eigenvalue weighted by molar-refractivity contribution is 9.10. The summed E-state index contributed by atoms with van der Waals surface area (Å²) in [4.78, 5) is 14.4. The van der Waals surface area contributed by atoms with E-state index in [9.17, 15) is 13.2 Å². The van der Waals surface area contributed by atoms with Crippen molar-refractivity contribution in [3.05, 3.63) is 46.4 Å². The molecule has 26 heavy (non-hydrogen) atoms. The minimum atomic E-state index is -3.93. The lowest BCUT2D eigenvalue weighted by atomic mass is 10.1. The van der Waals surface area contributed by atoms with Crippen molar-refractivity contribution in [3.8, 4) is 17.2 Å². The maximum atomic E-state index is 12.3. The third-order valence-electron chi connectivity index (χ3n) is 3.33. The fourth-order valence-electron chi connectivity index (χ4n) is 2.09. The molecule has 1 amide bonds. The molecule has 0 saturated heterocycles. The van der Waals surface area contributed by atoms with E-state index in [1.807, 2.05) is 4.83 Å². The second-order valence-electron chi connectivity index (χ2n) is 4.93. The molecule has 0 heterocycles. The van der Waals surface area contributed by atoms with E-state index in [1.54, 1.807) is 12.1 Å². The Hall–Kier alpha value is -2.30. The van der Waals surface area contributed by atoms with Gasteiger partial charge in [0.05, 0.1) is 26.2 Å². The molecule has 0 unspecified atom stereocenters. The van der Waals surface area contributed by atoms with Crippen LogP contribution in [0.25, 0.3) is 0 Å². The molecule has 2 aromatic carbocycles. The first-order valence-electron chi connectivity index (χ1n) is 7.20. The summed E-state index contributed by atoms with van der Waals surface area (Å²) in [6, 6.07) is 8.88. The van der Waals surface area contributed by atoms with Crippen molar-refractivity contribution < 1.29 is 27.4 Å². The highest BCUT2D eigenvalue weighted by Gasteiger charge is 2.19. The highest BCUT2D eigenvalue weighted by Crippen LogP contribution is 2.38. The minimum Gasteiger partial charge on any atom is -0.493 e. The molecule has 0 radical (unpaired) electrons. The Morgan fingerprint density at radius 3 is 2.12 bits per heavy atom. The monoisotopic (exact) mass is 444 g/mol. The zero-order valence-electron chi connectivity index (χ0n) is 14.2. The van der Waals surface area contributed by atoms with Crippen LogP contribution >= 0.6 is 15.9 Å². The van der Waals surface area contributed by atoms with Gasteiger partial charge in [0.2, 0.25) is 5.75 Å². The van der Waals surface area contributed by atoms with Crippen LogP contribution in [0.1, 0.15) is 10.4 Å². The molecule has 2 N–H and O–H groups in total. The Morgan fingerprint density at radius 1 is 1.00 bits per heavy atom. The minimum absolute atomic E-state index is 0.00272. The molecule has 0 saturated carbocycles. The standard InChI is InChI=1S/C16H17BrN2O6S/c1-23-13-7-10(8-14(24-2)15(13)25-3)16(20)18-19-26(21,22)12-6-4-5-11(17)9-12/h4-9,19H,1-3H3,(H,18,20). The summed E-state index contributed by atoms with van der Waals surface area (Å²) in [6.07, 6.45) is 0. The van der Waals surface area contributed by atoms with Gasteiger partial charge in [0.25, 0.3) is 15.9 Å². The molecule has 0 spiro atoms. The van der Waals surface area contributed by atoms with Gasteiger partial charge in [-0.1, -0.05) is 22.0 Å². The van der Waals surface area contributed by atoms with Crippen LogP contribution in [-0.4, -0.2) is 35.7 Å². The molecule has 10 heteroatoms. The summed E-state index contributed by atoms with van der Waals surface area (Å²) in [5, 5.41) is 0. The Bertz CT molecular complexity index is 892. The molecule has 0 atom stereocenters. The number of rotatable bonds is 7. The maximum Gasteiger partial charge on any atom is 0.266 e. The summed E-state index contributed by atoms with van der Waals surface area (Å²) in [6.45, 7) is 0. The van der Waals surface area contributed by atoms with Gasteiger partial charge < -0.3 is 14.2 Å². The van der Waals surface area contributed by atoms with Crippen molar-refractivity contribution in [2.24, 2.45) is 0 Å². The van der Waals surface area contributed by atoms with Crippen molar-refractivity contribution >= 4 is 31.9 Å².